The van der Waals surface area contributed by atoms with Crippen molar-refractivity contribution in [1.29, 1.82) is 0 Å². The van der Waals surface area contributed by atoms with E-state index in [1.54, 1.807) is 19.2 Å². The maximum Gasteiger partial charge on any atom is 0.153 e. The molecule has 94 valence electrons. The smallest absolute Gasteiger partial charge is 0.153 e. The van der Waals surface area contributed by atoms with Crippen LogP contribution in [-0.4, -0.2) is 43.1 Å². The van der Waals surface area contributed by atoms with Gasteiger partial charge >= 0.3 is 0 Å². The summed E-state index contributed by atoms with van der Waals surface area (Å²) >= 11 is 0. The van der Waals surface area contributed by atoms with Crippen LogP contribution in [0.25, 0.3) is 0 Å². The lowest BCUT2D eigenvalue weighted by Crippen LogP contribution is -2.40. The summed E-state index contributed by atoms with van der Waals surface area (Å²) in [4.78, 5) is 6.15. The number of aliphatic hydroxyl groups excluding tert-OH is 1. The molecular weight excluding hydrogens is 240 g/mol. The lowest BCUT2D eigenvalue weighted by Gasteiger charge is -2.28. The average Bonchev–Trinajstić information content (AvgIpc) is 2.29. The molecule has 1 aliphatic rings. The number of nitrogens with zero attached hydrogens (tertiary/aromatic N) is 2. The maximum atomic E-state index is 11.3. The number of aliphatic hydroxyl groups is 1. The fourth-order valence-corrected chi connectivity index (χ4v) is 3.01. The molecule has 1 saturated heterocycles. The van der Waals surface area contributed by atoms with Gasteiger partial charge in [-0.2, -0.15) is 0 Å². The summed E-state index contributed by atoms with van der Waals surface area (Å²) in [5, 5.41) is 9.49. The molecule has 1 fully saturated rings. The molecule has 0 radical (unpaired) electrons. The molecule has 0 saturated carbocycles. The Morgan fingerprint density at radius 1 is 1.41 bits per heavy atom. The van der Waals surface area contributed by atoms with E-state index in [1.807, 2.05) is 11.0 Å². The SMILES string of the molecule is C[C@H](O)c1ccnc(N2CCS(=O)(=O)CC2)c1. The van der Waals surface area contributed by atoms with Crippen LogP contribution in [0, 0.1) is 0 Å². The summed E-state index contributed by atoms with van der Waals surface area (Å²) in [5.74, 6) is 1.08. The van der Waals surface area contributed by atoms with Crippen LogP contribution >= 0.6 is 0 Å². The summed E-state index contributed by atoms with van der Waals surface area (Å²) in [7, 11) is -2.87. The molecule has 0 unspecified atom stereocenters. The molecule has 0 amide bonds. The Morgan fingerprint density at radius 2 is 2.06 bits per heavy atom. The molecule has 1 N–H and O–H groups in total. The zero-order valence-corrected chi connectivity index (χ0v) is 10.5. The van der Waals surface area contributed by atoms with Crippen molar-refractivity contribution in [2.24, 2.45) is 0 Å². The van der Waals surface area contributed by atoms with Gasteiger partial charge in [-0.3, -0.25) is 0 Å². The Bertz CT molecular complexity index is 485. The molecule has 1 aliphatic heterocycles. The summed E-state index contributed by atoms with van der Waals surface area (Å²) < 4.78 is 22.6. The highest BCUT2D eigenvalue weighted by Crippen LogP contribution is 2.19. The third-order valence-electron chi connectivity index (χ3n) is 2.92. The topological polar surface area (TPSA) is 70.5 Å². The van der Waals surface area contributed by atoms with E-state index in [4.69, 9.17) is 0 Å². The molecule has 2 rings (SSSR count). The van der Waals surface area contributed by atoms with Crippen LogP contribution in [0.1, 0.15) is 18.6 Å². The van der Waals surface area contributed by atoms with Crippen molar-refractivity contribution >= 4 is 15.7 Å². The molecule has 1 aromatic heterocycles. The van der Waals surface area contributed by atoms with Crippen LogP contribution in [0.5, 0.6) is 0 Å². The summed E-state index contributed by atoms with van der Waals surface area (Å²) in [6.45, 7) is 2.64. The molecular formula is C11H16N2O3S. The first-order valence-corrected chi connectivity index (χ1v) is 7.39. The van der Waals surface area contributed by atoms with Gasteiger partial charge in [-0.05, 0) is 24.6 Å². The lowest BCUT2D eigenvalue weighted by atomic mass is 10.1. The lowest BCUT2D eigenvalue weighted by molar-refractivity contribution is 0.199. The molecule has 2 heterocycles. The summed E-state index contributed by atoms with van der Waals surface area (Å²) in [6, 6.07) is 3.57. The van der Waals surface area contributed by atoms with Crippen LogP contribution in [0.15, 0.2) is 18.3 Å². The Kier molecular flexibility index (Phi) is 3.35. The number of sulfone groups is 1. The van der Waals surface area contributed by atoms with Crippen molar-refractivity contribution in [1.82, 2.24) is 4.98 Å². The highest BCUT2D eigenvalue weighted by Gasteiger charge is 2.22. The first-order chi connectivity index (χ1) is 7.98. The first-order valence-electron chi connectivity index (χ1n) is 5.57. The standard InChI is InChI=1S/C11H16N2O3S/c1-9(14)10-2-3-12-11(8-10)13-4-6-17(15,16)7-5-13/h2-3,8-9,14H,4-7H2,1H3/t9-/m0/s1. The van der Waals surface area contributed by atoms with Crippen molar-refractivity contribution < 1.29 is 13.5 Å². The zero-order valence-electron chi connectivity index (χ0n) is 9.70. The van der Waals surface area contributed by atoms with Gasteiger partial charge in [-0.1, -0.05) is 0 Å². The number of pyridine rings is 1. The monoisotopic (exact) mass is 256 g/mol. The minimum absolute atomic E-state index is 0.174. The van der Waals surface area contributed by atoms with Gasteiger partial charge in [-0.15, -0.1) is 0 Å². The minimum Gasteiger partial charge on any atom is -0.389 e. The van der Waals surface area contributed by atoms with Crippen LogP contribution in [0.2, 0.25) is 0 Å². The maximum absolute atomic E-state index is 11.3. The van der Waals surface area contributed by atoms with Gasteiger partial charge in [0.15, 0.2) is 9.84 Å². The van der Waals surface area contributed by atoms with Gasteiger partial charge < -0.3 is 10.0 Å². The Hall–Kier alpha value is -1.14. The van der Waals surface area contributed by atoms with Crippen LogP contribution in [0.4, 0.5) is 5.82 Å². The van der Waals surface area contributed by atoms with E-state index in [0.717, 1.165) is 11.4 Å². The van der Waals surface area contributed by atoms with Crippen molar-refractivity contribution in [3.8, 4) is 0 Å². The zero-order chi connectivity index (χ0) is 12.5. The van der Waals surface area contributed by atoms with Gasteiger partial charge in [0, 0.05) is 19.3 Å². The second kappa shape index (κ2) is 4.62. The fourth-order valence-electron chi connectivity index (χ4n) is 1.81. The number of aromatic nitrogens is 1. The van der Waals surface area contributed by atoms with Crippen molar-refractivity contribution in [3.05, 3.63) is 23.9 Å². The highest BCUT2D eigenvalue weighted by molar-refractivity contribution is 7.91. The van der Waals surface area contributed by atoms with E-state index in [-0.39, 0.29) is 11.5 Å². The van der Waals surface area contributed by atoms with Gasteiger partial charge in [0.05, 0.1) is 17.6 Å². The predicted molar refractivity (Wildman–Crippen MR) is 65.7 cm³/mol. The van der Waals surface area contributed by atoms with E-state index >= 15 is 0 Å². The number of anilines is 1. The molecule has 5 nitrogen and oxygen atoms in total. The van der Waals surface area contributed by atoms with E-state index in [0.29, 0.717) is 13.1 Å². The minimum atomic E-state index is -2.87. The number of rotatable bonds is 2. The molecule has 0 aliphatic carbocycles. The molecule has 0 aromatic carbocycles. The summed E-state index contributed by atoms with van der Waals surface area (Å²) in [6.07, 6.45) is 1.10. The second-order valence-corrected chi connectivity index (χ2v) is 6.57. The van der Waals surface area contributed by atoms with Crippen molar-refractivity contribution in [3.63, 3.8) is 0 Å². The van der Waals surface area contributed by atoms with Crippen LogP contribution in [-0.2, 0) is 9.84 Å². The predicted octanol–water partition coefficient (Wildman–Crippen LogP) is 0.370. The van der Waals surface area contributed by atoms with E-state index in [1.165, 1.54) is 0 Å². The molecule has 17 heavy (non-hydrogen) atoms. The Balaban J connectivity index is 2.16. The molecule has 6 heteroatoms. The molecule has 1 aromatic rings. The average molecular weight is 256 g/mol. The third kappa shape index (κ3) is 2.95. The van der Waals surface area contributed by atoms with E-state index in [9.17, 15) is 13.5 Å². The Morgan fingerprint density at radius 3 is 2.65 bits per heavy atom. The van der Waals surface area contributed by atoms with Gasteiger partial charge in [-0.25, -0.2) is 13.4 Å². The summed E-state index contributed by atoms with van der Waals surface area (Å²) in [5.41, 5.74) is 0.795. The second-order valence-electron chi connectivity index (χ2n) is 4.26. The number of hydrogen-bond acceptors (Lipinski definition) is 5. The van der Waals surface area contributed by atoms with Gasteiger partial charge in [0.25, 0.3) is 0 Å². The van der Waals surface area contributed by atoms with Crippen molar-refractivity contribution in [2.75, 3.05) is 29.5 Å². The third-order valence-corrected chi connectivity index (χ3v) is 4.53. The van der Waals surface area contributed by atoms with E-state index < -0.39 is 15.9 Å². The van der Waals surface area contributed by atoms with Gasteiger partial charge in [0.1, 0.15) is 5.82 Å². The fraction of sp³-hybridized carbons (Fsp3) is 0.545. The highest BCUT2D eigenvalue weighted by atomic mass is 32.2. The van der Waals surface area contributed by atoms with Crippen LogP contribution < -0.4 is 4.90 Å². The van der Waals surface area contributed by atoms with Gasteiger partial charge in [0.2, 0.25) is 0 Å². The molecule has 0 spiro atoms. The largest absolute Gasteiger partial charge is 0.389 e. The van der Waals surface area contributed by atoms with Crippen molar-refractivity contribution in [2.45, 2.75) is 13.0 Å². The quantitative estimate of drug-likeness (QED) is 0.828. The molecule has 0 bridgehead atoms. The normalized spacial score (nSPS) is 21.2. The number of hydrogen-bond donors (Lipinski definition) is 1. The van der Waals surface area contributed by atoms with E-state index in [2.05, 4.69) is 4.98 Å². The van der Waals surface area contributed by atoms with Crippen LogP contribution in [0.3, 0.4) is 0 Å². The first kappa shape index (κ1) is 12.3. The Labute approximate surface area is 101 Å². The molecule has 1 atom stereocenters.